The monoisotopic (exact) mass is 395 g/mol. The van der Waals surface area contributed by atoms with Gasteiger partial charge in [-0.25, -0.2) is 0 Å². The molecule has 1 amide bonds. The minimum absolute atomic E-state index is 0. The third-order valence-electron chi connectivity index (χ3n) is 1.46. The van der Waals surface area contributed by atoms with Crippen molar-refractivity contribution in [2.75, 3.05) is 11.9 Å². The minimum atomic E-state index is 0. The molecule has 0 heterocycles. The van der Waals surface area contributed by atoms with Gasteiger partial charge in [-0.15, -0.1) is 17.8 Å². The van der Waals surface area contributed by atoms with Crippen molar-refractivity contribution in [3.05, 3.63) is 29.8 Å². The first-order chi connectivity index (χ1) is 5.83. The number of benzene rings is 1. The molecule has 0 aliphatic heterocycles. The van der Waals surface area contributed by atoms with Crippen LogP contribution in [0.5, 0.6) is 0 Å². The molecule has 0 unspecified atom stereocenters. The van der Waals surface area contributed by atoms with Gasteiger partial charge in [0.05, 0.1) is 0 Å². The molecule has 1 aromatic carbocycles. The summed E-state index contributed by atoms with van der Waals surface area (Å²) in [7, 11) is 0. The molecule has 0 aromatic heterocycles. The van der Waals surface area contributed by atoms with Gasteiger partial charge in [0.1, 0.15) is 0 Å². The summed E-state index contributed by atoms with van der Waals surface area (Å²) in [6.45, 7) is 4.61. The molecule has 14 heavy (non-hydrogen) atoms. The zero-order chi connectivity index (χ0) is 8.81. The number of carbonyl (C=O) groups excluding carboxylic acids is 1. The zero-order valence-electron chi connectivity index (χ0n) is 8.10. The van der Waals surface area contributed by atoms with Gasteiger partial charge in [-0.1, -0.05) is 17.7 Å². The molecular formula is C10H13AuClNO. The van der Waals surface area contributed by atoms with Crippen molar-refractivity contribution >= 4 is 12.1 Å². The molecule has 1 rings (SSSR count). The van der Waals surface area contributed by atoms with Gasteiger partial charge >= 0.3 is 28.8 Å². The van der Waals surface area contributed by atoms with E-state index in [1.807, 2.05) is 31.2 Å². The van der Waals surface area contributed by atoms with Crippen LogP contribution in [0.1, 0.15) is 12.5 Å². The Morgan fingerprint density at radius 2 is 1.86 bits per heavy atom. The first-order valence-corrected chi connectivity index (χ1v) is 4.02. The molecule has 4 heteroatoms. The SMILES string of the molecule is CC[O+]=[C-]Nc1ccc(C)cc1.[Au+].[Cl-]. The third-order valence-corrected chi connectivity index (χ3v) is 1.46. The normalized spacial score (nSPS) is 9.00. The van der Waals surface area contributed by atoms with E-state index < -0.39 is 0 Å². The molecule has 82 valence electrons. The minimum Gasteiger partial charge on any atom is -1.00 e. The average Bonchev–Trinajstić information content (AvgIpc) is 2.09. The van der Waals surface area contributed by atoms with Crippen molar-refractivity contribution in [1.29, 1.82) is 0 Å². The van der Waals surface area contributed by atoms with Gasteiger partial charge in [0.2, 0.25) is 6.61 Å². The maximum Gasteiger partial charge on any atom is 1.00 e. The van der Waals surface area contributed by atoms with Crippen LogP contribution in [0.4, 0.5) is 5.69 Å². The van der Waals surface area contributed by atoms with Crippen molar-refractivity contribution in [3.8, 4) is 0 Å². The van der Waals surface area contributed by atoms with Crippen LogP contribution < -0.4 is 17.7 Å². The Labute approximate surface area is 107 Å². The summed E-state index contributed by atoms with van der Waals surface area (Å²) in [6.07, 6.45) is 2.62. The number of amides is 1. The molecule has 0 bridgehead atoms. The van der Waals surface area contributed by atoms with Crippen LogP contribution in [0, 0.1) is 6.92 Å². The molecular weight excluding hydrogens is 383 g/mol. The van der Waals surface area contributed by atoms with Crippen LogP contribution in [0.2, 0.25) is 0 Å². The number of anilines is 1. The van der Waals surface area contributed by atoms with Crippen LogP contribution in [0.3, 0.4) is 0 Å². The van der Waals surface area contributed by atoms with E-state index >= 15 is 0 Å². The first-order valence-electron chi connectivity index (χ1n) is 4.02. The molecule has 0 aliphatic rings. The molecule has 2 nitrogen and oxygen atoms in total. The molecule has 0 saturated carbocycles. The summed E-state index contributed by atoms with van der Waals surface area (Å²) < 4.78 is 4.91. The summed E-state index contributed by atoms with van der Waals surface area (Å²) >= 11 is 0. The zero-order valence-corrected chi connectivity index (χ0v) is 11.0. The fraction of sp³-hybridized carbons (Fsp3) is 0.300. The largest absolute Gasteiger partial charge is 1.00 e. The van der Waals surface area contributed by atoms with E-state index in [1.54, 1.807) is 0 Å². The predicted molar refractivity (Wildman–Crippen MR) is 51.0 cm³/mol. The van der Waals surface area contributed by atoms with Crippen molar-refractivity contribution in [1.82, 2.24) is 0 Å². The third kappa shape index (κ3) is 6.22. The fourth-order valence-corrected chi connectivity index (χ4v) is 0.804. The second-order valence-electron chi connectivity index (χ2n) is 2.53. The molecule has 0 aliphatic carbocycles. The quantitative estimate of drug-likeness (QED) is 0.295. The van der Waals surface area contributed by atoms with Gasteiger partial charge in [-0.2, -0.15) is 0 Å². The van der Waals surface area contributed by atoms with Crippen LogP contribution in [-0.2, 0) is 26.8 Å². The van der Waals surface area contributed by atoms with E-state index in [0.29, 0.717) is 6.61 Å². The Morgan fingerprint density at radius 3 is 2.36 bits per heavy atom. The van der Waals surface area contributed by atoms with E-state index in [9.17, 15) is 0 Å². The number of rotatable bonds is 3. The Balaban J connectivity index is 0. The molecule has 0 fully saturated rings. The van der Waals surface area contributed by atoms with Crippen LogP contribution >= 0.6 is 0 Å². The molecule has 0 atom stereocenters. The van der Waals surface area contributed by atoms with Crippen molar-refractivity contribution in [2.24, 2.45) is 0 Å². The van der Waals surface area contributed by atoms with E-state index in [2.05, 4.69) is 18.7 Å². The summed E-state index contributed by atoms with van der Waals surface area (Å²) in [5.74, 6) is 0. The molecule has 1 N–H and O–H groups in total. The number of aryl methyl sites for hydroxylation is 1. The van der Waals surface area contributed by atoms with Crippen molar-refractivity contribution in [2.45, 2.75) is 13.8 Å². The summed E-state index contributed by atoms with van der Waals surface area (Å²) in [6, 6.07) is 8.05. The summed E-state index contributed by atoms with van der Waals surface area (Å²) in [5, 5.41) is 2.90. The fourth-order valence-electron chi connectivity index (χ4n) is 0.804. The Hall–Kier alpha value is -0.280. The Bertz CT molecular complexity index is 261. The van der Waals surface area contributed by atoms with E-state index in [-0.39, 0.29) is 34.8 Å². The average molecular weight is 396 g/mol. The second-order valence-corrected chi connectivity index (χ2v) is 2.53. The van der Waals surface area contributed by atoms with Gasteiger partial charge in [-0.05, 0) is 6.92 Å². The van der Waals surface area contributed by atoms with Gasteiger partial charge in [0.25, 0.3) is 0 Å². The van der Waals surface area contributed by atoms with E-state index in [1.165, 1.54) is 5.56 Å². The number of halogens is 1. The molecule has 0 radical (unpaired) electrons. The van der Waals surface area contributed by atoms with E-state index in [4.69, 9.17) is 4.42 Å². The molecule has 1 aromatic rings. The van der Waals surface area contributed by atoms with Crippen LogP contribution in [-0.4, -0.2) is 13.0 Å². The predicted octanol–water partition coefficient (Wildman–Crippen LogP) is -0.969. The standard InChI is InChI=1S/C10H13NO.Au.ClH/c1-3-12-8-11-10-6-4-9(2)5-7-10;;/h4-7,11H,3H2,1-2H3;;1H/q;+1;/p-1. The molecule has 0 saturated heterocycles. The maximum atomic E-state index is 4.91. The Morgan fingerprint density at radius 1 is 1.29 bits per heavy atom. The number of hydrogen-bond donors (Lipinski definition) is 1. The van der Waals surface area contributed by atoms with Crippen molar-refractivity contribution < 1.29 is 39.2 Å². The Kier molecular flexibility index (Phi) is 10.7. The van der Waals surface area contributed by atoms with Gasteiger partial charge in [0.15, 0.2) is 0 Å². The summed E-state index contributed by atoms with van der Waals surface area (Å²) in [5.41, 5.74) is 2.24. The van der Waals surface area contributed by atoms with Gasteiger partial charge in [-0.3, -0.25) is 0 Å². The van der Waals surface area contributed by atoms with Gasteiger partial charge in [0, 0.05) is 6.92 Å². The van der Waals surface area contributed by atoms with Crippen LogP contribution in [0.15, 0.2) is 24.3 Å². The smallest absolute Gasteiger partial charge is 1.00 e. The van der Waals surface area contributed by atoms with E-state index in [0.717, 1.165) is 5.69 Å². The maximum absolute atomic E-state index is 4.91. The molecule has 0 spiro atoms. The first kappa shape index (κ1) is 16.2. The van der Waals surface area contributed by atoms with Gasteiger partial charge < -0.3 is 22.1 Å². The summed E-state index contributed by atoms with van der Waals surface area (Å²) in [4.78, 5) is 0. The second kappa shape index (κ2) is 9.28. The topological polar surface area (TPSA) is 23.3 Å². The van der Waals surface area contributed by atoms with Crippen LogP contribution in [0.25, 0.3) is 0 Å². The number of nitrogens with one attached hydrogen (secondary N) is 1. The number of hydrogen-bond acceptors (Lipinski definition) is 0. The van der Waals surface area contributed by atoms with Crippen molar-refractivity contribution in [3.63, 3.8) is 0 Å².